The zero-order valence-corrected chi connectivity index (χ0v) is 16.0. The maximum atomic E-state index is 6.12. The molecule has 1 saturated heterocycles. The van der Waals surface area contributed by atoms with Crippen LogP contribution in [-0.4, -0.2) is 36.1 Å². The molecule has 0 aliphatic carbocycles. The number of hydrogen-bond acceptors (Lipinski definition) is 3. The summed E-state index contributed by atoms with van der Waals surface area (Å²) >= 11 is 0. The fourth-order valence-electron chi connectivity index (χ4n) is 3.45. The lowest BCUT2D eigenvalue weighted by Crippen LogP contribution is -3.25. The fraction of sp³-hybridized carbons (Fsp3) is 0.263. The molecule has 0 bridgehead atoms. The summed E-state index contributed by atoms with van der Waals surface area (Å²) in [6.45, 7) is 5.43. The predicted molar refractivity (Wildman–Crippen MR) is 95.1 cm³/mol. The summed E-state index contributed by atoms with van der Waals surface area (Å²) in [6.07, 6.45) is 0. The Labute approximate surface area is 166 Å². The summed E-state index contributed by atoms with van der Waals surface area (Å²) in [4.78, 5) is 12.2. The molecule has 0 atom stereocenters. The Morgan fingerprint density at radius 2 is 1.46 bits per heavy atom. The van der Waals surface area contributed by atoms with Gasteiger partial charge >= 0.3 is 5.95 Å². The molecule has 1 fully saturated rings. The Hall–Kier alpha value is -1.92. The van der Waals surface area contributed by atoms with Crippen LogP contribution in [0.25, 0.3) is 10.9 Å². The number of fused-ring (bicyclic) bond motifs is 1. The second-order valence-corrected chi connectivity index (χ2v) is 6.47. The topological polar surface area (TPSA) is 60.7 Å². The first kappa shape index (κ1) is 20.4. The van der Waals surface area contributed by atoms with Gasteiger partial charge in [0.15, 0.2) is 0 Å². The molecule has 2 aromatic carbocycles. The van der Waals surface area contributed by atoms with Crippen LogP contribution in [0.15, 0.2) is 54.6 Å². The van der Waals surface area contributed by atoms with Crippen LogP contribution in [0.3, 0.4) is 0 Å². The van der Waals surface area contributed by atoms with Gasteiger partial charge in [-0.25, -0.2) is 0 Å². The highest BCUT2D eigenvalue weighted by molar-refractivity contribution is 5.88. The summed E-state index contributed by atoms with van der Waals surface area (Å²) in [5, 5.41) is 0.939. The van der Waals surface area contributed by atoms with Gasteiger partial charge in [0.05, 0.1) is 5.52 Å². The molecule has 7 heteroatoms. The lowest BCUT2D eigenvalue weighted by atomic mass is 10.2. The monoisotopic (exact) mass is 391 g/mol. The quantitative estimate of drug-likeness (QED) is 0.416. The third-order valence-electron chi connectivity index (χ3n) is 4.81. The van der Waals surface area contributed by atoms with Crippen molar-refractivity contribution in [1.82, 2.24) is 9.97 Å². The molecule has 0 amide bonds. The summed E-state index contributed by atoms with van der Waals surface area (Å²) in [6, 6.07) is 18.7. The second-order valence-electron chi connectivity index (χ2n) is 6.47. The van der Waals surface area contributed by atoms with Gasteiger partial charge in [-0.2, -0.15) is 9.97 Å². The smallest absolute Gasteiger partial charge is 0.330 e. The number of aromatic nitrogens is 2. The first-order valence-electron chi connectivity index (χ1n) is 8.54. The molecule has 4 rings (SSSR count). The van der Waals surface area contributed by atoms with Crippen LogP contribution in [0.4, 0.5) is 11.8 Å². The molecule has 0 spiro atoms. The zero-order chi connectivity index (χ0) is 16.4. The third kappa shape index (κ3) is 4.43. The molecule has 2 heterocycles. The van der Waals surface area contributed by atoms with E-state index >= 15 is 0 Å². The van der Waals surface area contributed by atoms with Crippen molar-refractivity contribution in [2.45, 2.75) is 6.54 Å². The Balaban J connectivity index is 0.00000121. The number of nitrogens with one attached hydrogen (secondary N) is 2. The van der Waals surface area contributed by atoms with Crippen molar-refractivity contribution >= 4 is 22.7 Å². The number of nitrogen functional groups attached to an aromatic ring is 1. The molecular weight excluding hydrogens is 369 g/mol. The third-order valence-corrected chi connectivity index (χ3v) is 4.81. The number of piperazine rings is 1. The van der Waals surface area contributed by atoms with E-state index in [1.807, 2.05) is 24.3 Å². The molecule has 5 nitrogen and oxygen atoms in total. The number of nitrogens with zero attached hydrogens (tertiary/aromatic N) is 2. The van der Waals surface area contributed by atoms with Gasteiger partial charge in [0.25, 0.3) is 0 Å². The van der Waals surface area contributed by atoms with Crippen molar-refractivity contribution in [1.29, 1.82) is 0 Å². The zero-order valence-electron chi connectivity index (χ0n) is 14.5. The average Bonchev–Trinajstić information content (AvgIpc) is 2.63. The molecule has 4 N–H and O–H groups in total. The number of para-hydroxylation sites is 1. The van der Waals surface area contributed by atoms with E-state index in [9.17, 15) is 0 Å². The summed E-state index contributed by atoms with van der Waals surface area (Å²) < 4.78 is 0. The SMILES string of the molecule is Nc1nc([NH+]2CC[NH+](Cc3ccccc3)CC2)nc2ccccc12.[Cl-].[Cl-]. The number of hydrogen-bond donors (Lipinski definition) is 3. The molecule has 138 valence electrons. The number of halogens is 2. The van der Waals surface area contributed by atoms with E-state index in [4.69, 9.17) is 10.7 Å². The van der Waals surface area contributed by atoms with Gasteiger partial charge in [0, 0.05) is 10.9 Å². The number of anilines is 1. The van der Waals surface area contributed by atoms with E-state index in [0.29, 0.717) is 5.82 Å². The first-order chi connectivity index (χ1) is 11.8. The van der Waals surface area contributed by atoms with Gasteiger partial charge in [0.2, 0.25) is 0 Å². The summed E-state index contributed by atoms with van der Waals surface area (Å²) in [7, 11) is 0. The number of rotatable bonds is 3. The van der Waals surface area contributed by atoms with Crippen molar-refractivity contribution < 1.29 is 34.6 Å². The van der Waals surface area contributed by atoms with Gasteiger partial charge in [-0.3, -0.25) is 4.90 Å². The van der Waals surface area contributed by atoms with Crippen molar-refractivity contribution in [2.75, 3.05) is 31.9 Å². The molecule has 0 saturated carbocycles. The van der Waals surface area contributed by atoms with E-state index in [1.54, 1.807) is 4.90 Å². The Morgan fingerprint density at radius 3 is 2.19 bits per heavy atom. The molecule has 1 aliphatic heterocycles. The highest BCUT2D eigenvalue weighted by atomic mass is 35.5. The Morgan fingerprint density at radius 1 is 0.808 bits per heavy atom. The van der Waals surface area contributed by atoms with Crippen molar-refractivity contribution in [3.8, 4) is 0 Å². The van der Waals surface area contributed by atoms with E-state index in [-0.39, 0.29) is 24.8 Å². The van der Waals surface area contributed by atoms with Crippen LogP contribution >= 0.6 is 0 Å². The first-order valence-corrected chi connectivity index (χ1v) is 8.54. The minimum absolute atomic E-state index is 0. The summed E-state index contributed by atoms with van der Waals surface area (Å²) in [5.41, 5.74) is 8.46. The van der Waals surface area contributed by atoms with Crippen LogP contribution in [0, 0.1) is 0 Å². The Bertz CT molecular complexity index is 836. The van der Waals surface area contributed by atoms with E-state index in [2.05, 4.69) is 35.3 Å². The van der Waals surface area contributed by atoms with Gasteiger partial charge in [-0.05, 0) is 12.1 Å². The maximum absolute atomic E-state index is 6.12. The lowest BCUT2D eigenvalue weighted by Gasteiger charge is -2.28. The minimum atomic E-state index is 0. The maximum Gasteiger partial charge on any atom is 0.330 e. The van der Waals surface area contributed by atoms with Crippen LogP contribution in [-0.2, 0) is 6.54 Å². The summed E-state index contributed by atoms with van der Waals surface area (Å²) in [5.74, 6) is 1.42. The van der Waals surface area contributed by atoms with Crippen LogP contribution in [0.1, 0.15) is 5.56 Å². The highest BCUT2D eigenvalue weighted by Gasteiger charge is 2.27. The average molecular weight is 392 g/mol. The molecule has 1 aliphatic rings. The highest BCUT2D eigenvalue weighted by Crippen LogP contribution is 2.17. The normalized spacial score (nSPS) is 19.4. The van der Waals surface area contributed by atoms with Crippen LogP contribution in [0.5, 0.6) is 0 Å². The number of benzene rings is 2. The molecule has 0 unspecified atom stereocenters. The van der Waals surface area contributed by atoms with Gasteiger partial charge in [-0.1, -0.05) is 42.5 Å². The van der Waals surface area contributed by atoms with Crippen molar-refractivity contribution in [3.63, 3.8) is 0 Å². The van der Waals surface area contributed by atoms with E-state index < -0.39 is 0 Å². The Kier molecular flexibility index (Phi) is 7.17. The second kappa shape index (κ2) is 9.14. The van der Waals surface area contributed by atoms with Gasteiger partial charge < -0.3 is 35.4 Å². The number of quaternary nitrogens is 2. The van der Waals surface area contributed by atoms with Gasteiger partial charge in [-0.15, -0.1) is 0 Å². The fourth-order valence-corrected chi connectivity index (χ4v) is 3.45. The van der Waals surface area contributed by atoms with Crippen LogP contribution in [0.2, 0.25) is 0 Å². The van der Waals surface area contributed by atoms with Gasteiger partial charge in [0.1, 0.15) is 38.5 Å². The molecule has 3 aromatic rings. The number of nitrogens with two attached hydrogens (primary N) is 1. The molecule has 0 radical (unpaired) electrons. The van der Waals surface area contributed by atoms with E-state index in [1.165, 1.54) is 10.5 Å². The van der Waals surface area contributed by atoms with Crippen LogP contribution < -0.4 is 40.3 Å². The molecule has 26 heavy (non-hydrogen) atoms. The molecular formula is C19H23Cl2N5. The van der Waals surface area contributed by atoms with Crippen molar-refractivity contribution in [3.05, 3.63) is 60.2 Å². The van der Waals surface area contributed by atoms with Crippen molar-refractivity contribution in [2.24, 2.45) is 0 Å². The standard InChI is InChI=1S/C19H21N5.2ClH/c20-18-16-8-4-5-9-17(16)21-19(22-18)24-12-10-23(11-13-24)14-15-6-2-1-3-7-15;;/h1-9H,10-14H2,(H2,20,21,22);2*1H. The predicted octanol–water partition coefficient (Wildman–Crippen LogP) is -6.16. The largest absolute Gasteiger partial charge is 1.00 e. The minimum Gasteiger partial charge on any atom is -1.00 e. The lowest BCUT2D eigenvalue weighted by molar-refractivity contribution is -0.996. The molecule has 1 aromatic heterocycles. The van der Waals surface area contributed by atoms with E-state index in [0.717, 1.165) is 49.6 Å².